The van der Waals surface area contributed by atoms with E-state index in [0.717, 1.165) is 18.2 Å². The van der Waals surface area contributed by atoms with E-state index >= 15 is 0 Å². The summed E-state index contributed by atoms with van der Waals surface area (Å²) >= 11 is 0. The second kappa shape index (κ2) is 4.96. The Balaban J connectivity index is 2.44. The molecule has 0 saturated carbocycles. The van der Waals surface area contributed by atoms with E-state index in [2.05, 4.69) is 0 Å². The summed E-state index contributed by atoms with van der Waals surface area (Å²) in [6.45, 7) is 0. The Hall–Kier alpha value is -2.23. The van der Waals surface area contributed by atoms with E-state index in [-0.39, 0.29) is 12.0 Å². The predicted molar refractivity (Wildman–Crippen MR) is 63.1 cm³/mol. The molecular formula is C14H10F2O2. The summed E-state index contributed by atoms with van der Waals surface area (Å²) in [7, 11) is 0. The fourth-order valence-corrected chi connectivity index (χ4v) is 1.74. The third kappa shape index (κ3) is 2.71. The Morgan fingerprint density at radius 2 is 1.89 bits per heavy atom. The first kappa shape index (κ1) is 12.2. The van der Waals surface area contributed by atoms with Crippen LogP contribution in [0.1, 0.15) is 5.56 Å². The van der Waals surface area contributed by atoms with E-state index in [0.29, 0.717) is 11.1 Å². The molecule has 92 valence electrons. The fraction of sp³-hybridized carbons (Fsp3) is 0.0714. The van der Waals surface area contributed by atoms with Gasteiger partial charge < -0.3 is 5.11 Å². The molecule has 0 saturated heterocycles. The van der Waals surface area contributed by atoms with Gasteiger partial charge in [-0.3, -0.25) is 4.79 Å². The maximum atomic E-state index is 13.6. The Morgan fingerprint density at radius 3 is 2.61 bits per heavy atom. The monoisotopic (exact) mass is 248 g/mol. The highest BCUT2D eigenvalue weighted by atomic mass is 19.1. The van der Waals surface area contributed by atoms with Gasteiger partial charge in [0.2, 0.25) is 0 Å². The summed E-state index contributed by atoms with van der Waals surface area (Å²) < 4.78 is 26.6. The summed E-state index contributed by atoms with van der Waals surface area (Å²) in [5.74, 6) is -2.04. The van der Waals surface area contributed by atoms with E-state index in [1.54, 1.807) is 24.3 Å². The van der Waals surface area contributed by atoms with E-state index < -0.39 is 17.6 Å². The third-order valence-corrected chi connectivity index (χ3v) is 2.52. The van der Waals surface area contributed by atoms with Gasteiger partial charge in [0.05, 0.1) is 6.42 Å². The molecule has 4 heteroatoms. The third-order valence-electron chi connectivity index (χ3n) is 2.52. The number of hydrogen-bond donors (Lipinski definition) is 1. The summed E-state index contributed by atoms with van der Waals surface area (Å²) in [4.78, 5) is 10.6. The predicted octanol–water partition coefficient (Wildman–Crippen LogP) is 3.26. The Bertz CT molecular complexity index is 594. The van der Waals surface area contributed by atoms with Crippen molar-refractivity contribution in [2.24, 2.45) is 0 Å². The Morgan fingerprint density at radius 1 is 1.11 bits per heavy atom. The minimum Gasteiger partial charge on any atom is -0.481 e. The van der Waals surface area contributed by atoms with Gasteiger partial charge in [-0.25, -0.2) is 8.78 Å². The van der Waals surface area contributed by atoms with Gasteiger partial charge in [0, 0.05) is 5.56 Å². The van der Waals surface area contributed by atoms with Gasteiger partial charge >= 0.3 is 5.97 Å². The van der Waals surface area contributed by atoms with Crippen LogP contribution in [0.15, 0.2) is 42.5 Å². The van der Waals surface area contributed by atoms with Crippen molar-refractivity contribution in [3.05, 3.63) is 59.7 Å². The van der Waals surface area contributed by atoms with Gasteiger partial charge in [0.15, 0.2) is 0 Å². The van der Waals surface area contributed by atoms with Crippen LogP contribution in [0.2, 0.25) is 0 Å². The molecule has 1 N–H and O–H groups in total. The molecule has 18 heavy (non-hydrogen) atoms. The molecule has 0 amide bonds. The Kier molecular flexibility index (Phi) is 3.37. The Labute approximate surface area is 103 Å². The maximum Gasteiger partial charge on any atom is 0.307 e. The minimum atomic E-state index is -0.966. The van der Waals surface area contributed by atoms with Crippen molar-refractivity contribution in [1.29, 1.82) is 0 Å². The molecule has 0 fully saturated rings. The number of benzene rings is 2. The number of carboxylic acid groups (broad SMARTS) is 1. The van der Waals surface area contributed by atoms with Gasteiger partial charge in [-0.2, -0.15) is 0 Å². The molecule has 0 aliphatic carbocycles. The first-order chi connectivity index (χ1) is 8.56. The second-order valence-corrected chi connectivity index (χ2v) is 3.90. The van der Waals surface area contributed by atoms with Crippen LogP contribution in [0.5, 0.6) is 0 Å². The van der Waals surface area contributed by atoms with Crippen molar-refractivity contribution >= 4 is 5.97 Å². The van der Waals surface area contributed by atoms with Crippen molar-refractivity contribution in [1.82, 2.24) is 0 Å². The van der Waals surface area contributed by atoms with Crippen LogP contribution < -0.4 is 0 Å². The summed E-state index contributed by atoms with van der Waals surface area (Å²) in [5, 5.41) is 8.69. The topological polar surface area (TPSA) is 37.3 Å². The van der Waals surface area contributed by atoms with E-state index in [9.17, 15) is 13.6 Å². The first-order valence-corrected chi connectivity index (χ1v) is 5.32. The van der Waals surface area contributed by atoms with Crippen molar-refractivity contribution in [3.8, 4) is 11.1 Å². The molecule has 0 aliphatic heterocycles. The molecule has 0 heterocycles. The van der Waals surface area contributed by atoms with Crippen LogP contribution in [0, 0.1) is 11.6 Å². The molecule has 0 atom stereocenters. The molecule has 0 aliphatic rings. The normalized spacial score (nSPS) is 10.3. The van der Waals surface area contributed by atoms with Gasteiger partial charge in [-0.15, -0.1) is 0 Å². The largest absolute Gasteiger partial charge is 0.481 e. The number of carboxylic acids is 1. The lowest BCUT2D eigenvalue weighted by Gasteiger charge is -2.05. The minimum absolute atomic E-state index is 0.127. The zero-order valence-corrected chi connectivity index (χ0v) is 9.36. The zero-order chi connectivity index (χ0) is 13.1. The highest BCUT2D eigenvalue weighted by Gasteiger charge is 2.08. The van der Waals surface area contributed by atoms with Crippen molar-refractivity contribution in [2.45, 2.75) is 6.42 Å². The molecule has 2 aromatic rings. The number of aliphatic carboxylic acids is 1. The summed E-state index contributed by atoms with van der Waals surface area (Å²) in [5.41, 5.74) is 1.14. The van der Waals surface area contributed by atoms with Gasteiger partial charge in [0.1, 0.15) is 11.6 Å². The molecule has 0 radical (unpaired) electrons. The molecule has 0 spiro atoms. The smallest absolute Gasteiger partial charge is 0.307 e. The van der Waals surface area contributed by atoms with Crippen molar-refractivity contribution < 1.29 is 18.7 Å². The van der Waals surface area contributed by atoms with Crippen LogP contribution in [-0.4, -0.2) is 11.1 Å². The molecule has 2 nitrogen and oxygen atoms in total. The van der Waals surface area contributed by atoms with Crippen LogP contribution >= 0.6 is 0 Å². The van der Waals surface area contributed by atoms with Gasteiger partial charge in [-0.1, -0.05) is 24.3 Å². The quantitative estimate of drug-likeness (QED) is 0.905. The van der Waals surface area contributed by atoms with E-state index in [1.165, 1.54) is 0 Å². The fourth-order valence-electron chi connectivity index (χ4n) is 1.74. The lowest BCUT2D eigenvalue weighted by molar-refractivity contribution is -0.136. The molecule has 0 unspecified atom stereocenters. The average molecular weight is 248 g/mol. The van der Waals surface area contributed by atoms with Crippen molar-refractivity contribution in [2.75, 3.05) is 0 Å². The first-order valence-electron chi connectivity index (χ1n) is 5.32. The maximum absolute atomic E-state index is 13.6. The van der Waals surface area contributed by atoms with Crippen LogP contribution in [0.3, 0.4) is 0 Å². The van der Waals surface area contributed by atoms with Gasteiger partial charge in [0.25, 0.3) is 0 Å². The van der Waals surface area contributed by atoms with Gasteiger partial charge in [-0.05, 0) is 29.3 Å². The standard InChI is InChI=1S/C14H10F2O2/c15-11-4-5-13(16)12(8-11)10-3-1-2-9(6-10)7-14(17)18/h1-6,8H,7H2,(H,17,18). The van der Waals surface area contributed by atoms with E-state index in [1.807, 2.05) is 0 Å². The SMILES string of the molecule is O=C(O)Cc1cccc(-c2cc(F)ccc2F)c1. The number of halogens is 2. The lowest BCUT2D eigenvalue weighted by atomic mass is 10.0. The molecule has 2 rings (SSSR count). The van der Waals surface area contributed by atoms with Crippen LogP contribution in [0.25, 0.3) is 11.1 Å². The van der Waals surface area contributed by atoms with Crippen molar-refractivity contribution in [3.63, 3.8) is 0 Å². The molecule has 0 bridgehead atoms. The average Bonchev–Trinajstić information content (AvgIpc) is 2.32. The van der Waals surface area contributed by atoms with Crippen LogP contribution in [0.4, 0.5) is 8.78 Å². The second-order valence-electron chi connectivity index (χ2n) is 3.90. The number of carbonyl (C=O) groups is 1. The highest BCUT2D eigenvalue weighted by Crippen LogP contribution is 2.24. The number of hydrogen-bond acceptors (Lipinski definition) is 1. The molecule has 2 aromatic carbocycles. The summed E-state index contributed by atoms with van der Waals surface area (Å²) in [6, 6.07) is 9.60. The molecular weight excluding hydrogens is 238 g/mol. The lowest BCUT2D eigenvalue weighted by Crippen LogP contribution is -2.00. The van der Waals surface area contributed by atoms with E-state index in [4.69, 9.17) is 5.11 Å². The molecule has 0 aromatic heterocycles. The summed E-state index contributed by atoms with van der Waals surface area (Å²) in [6.07, 6.45) is -0.148. The van der Waals surface area contributed by atoms with Crippen LogP contribution in [-0.2, 0) is 11.2 Å². The highest BCUT2D eigenvalue weighted by molar-refractivity contribution is 5.72. The zero-order valence-electron chi connectivity index (χ0n) is 9.36. The number of rotatable bonds is 3.